The van der Waals surface area contributed by atoms with Crippen LogP contribution in [0.4, 0.5) is 30.4 Å². The molecule has 0 radical (unpaired) electrons. The number of anilines is 3. The molecule has 0 aliphatic carbocycles. The van der Waals surface area contributed by atoms with Gasteiger partial charge in [-0.1, -0.05) is 6.07 Å². The van der Waals surface area contributed by atoms with Crippen molar-refractivity contribution < 1.29 is 27.4 Å². The molecule has 4 rings (SSSR count). The molecule has 3 aromatic carbocycles. The Morgan fingerprint density at radius 2 is 1.56 bits per heavy atom. The number of carbonyl (C=O) groups is 1. The van der Waals surface area contributed by atoms with Crippen LogP contribution in [0.15, 0.2) is 67.0 Å². The number of hydrogen-bond acceptors (Lipinski definition) is 6. The molecular weight excluding hydrogens is 449 g/mol. The van der Waals surface area contributed by atoms with Gasteiger partial charge >= 0.3 is 6.18 Å². The topological polar surface area (TPSA) is 85.4 Å². The molecule has 10 heteroatoms. The van der Waals surface area contributed by atoms with E-state index in [2.05, 4.69) is 20.6 Å². The van der Waals surface area contributed by atoms with Crippen LogP contribution < -0.4 is 20.1 Å². The van der Waals surface area contributed by atoms with Crippen LogP contribution in [-0.2, 0) is 6.18 Å². The molecule has 1 aromatic heterocycles. The summed E-state index contributed by atoms with van der Waals surface area (Å²) in [5.41, 5.74) is 0.777. The zero-order valence-electron chi connectivity index (χ0n) is 18.1. The van der Waals surface area contributed by atoms with E-state index in [1.807, 2.05) is 0 Å². The van der Waals surface area contributed by atoms with Gasteiger partial charge in [0.25, 0.3) is 5.91 Å². The standard InChI is InChI=1S/C24H19F3N4O3/c1-33-20-11-18-19(12-21(20)34-2)28-13-29-22(18)30-16-6-8-17(9-7-16)31-23(32)14-4-3-5-15(10-14)24(25,26)27/h3-13H,1-2H3,(H,31,32)(H,28,29,30). The summed E-state index contributed by atoms with van der Waals surface area (Å²) in [6, 6.07) is 14.4. The highest BCUT2D eigenvalue weighted by molar-refractivity contribution is 6.04. The molecule has 0 bridgehead atoms. The van der Waals surface area contributed by atoms with Crippen LogP contribution in [0.25, 0.3) is 10.9 Å². The molecule has 2 N–H and O–H groups in total. The van der Waals surface area contributed by atoms with E-state index in [0.29, 0.717) is 39.6 Å². The lowest BCUT2D eigenvalue weighted by Crippen LogP contribution is -2.13. The number of benzene rings is 3. The Morgan fingerprint density at radius 3 is 2.24 bits per heavy atom. The number of hydrogen-bond donors (Lipinski definition) is 2. The lowest BCUT2D eigenvalue weighted by Gasteiger charge is -2.13. The number of aromatic nitrogens is 2. The van der Waals surface area contributed by atoms with Gasteiger partial charge in [0, 0.05) is 28.4 Å². The molecule has 0 aliphatic rings. The summed E-state index contributed by atoms with van der Waals surface area (Å²) in [4.78, 5) is 20.9. The molecular formula is C24H19F3N4O3. The van der Waals surface area contributed by atoms with Gasteiger partial charge < -0.3 is 20.1 Å². The first-order valence-electron chi connectivity index (χ1n) is 10.0. The Labute approximate surface area is 192 Å². The minimum Gasteiger partial charge on any atom is -0.493 e. The average molecular weight is 468 g/mol. The highest BCUT2D eigenvalue weighted by Crippen LogP contribution is 2.34. The Morgan fingerprint density at radius 1 is 0.882 bits per heavy atom. The summed E-state index contributed by atoms with van der Waals surface area (Å²) < 4.78 is 49.4. The fourth-order valence-corrected chi connectivity index (χ4v) is 3.30. The van der Waals surface area contributed by atoms with Gasteiger partial charge in [0.2, 0.25) is 0 Å². The normalized spacial score (nSPS) is 11.2. The van der Waals surface area contributed by atoms with E-state index in [-0.39, 0.29) is 5.56 Å². The predicted molar refractivity (Wildman–Crippen MR) is 122 cm³/mol. The third-order valence-corrected chi connectivity index (χ3v) is 5.00. The largest absolute Gasteiger partial charge is 0.493 e. The summed E-state index contributed by atoms with van der Waals surface area (Å²) in [7, 11) is 3.07. The van der Waals surface area contributed by atoms with Crippen molar-refractivity contribution in [2.24, 2.45) is 0 Å². The summed E-state index contributed by atoms with van der Waals surface area (Å²) >= 11 is 0. The van der Waals surface area contributed by atoms with Gasteiger partial charge in [-0.2, -0.15) is 13.2 Å². The van der Waals surface area contributed by atoms with Crippen molar-refractivity contribution in [3.05, 3.63) is 78.1 Å². The molecule has 0 saturated carbocycles. The van der Waals surface area contributed by atoms with Gasteiger partial charge in [-0.25, -0.2) is 9.97 Å². The van der Waals surface area contributed by atoms with E-state index in [4.69, 9.17) is 9.47 Å². The Hall–Kier alpha value is -4.34. The molecule has 34 heavy (non-hydrogen) atoms. The highest BCUT2D eigenvalue weighted by atomic mass is 19.4. The van der Waals surface area contributed by atoms with E-state index in [9.17, 15) is 18.0 Å². The Bertz CT molecular complexity index is 1340. The number of halogens is 3. The maximum absolute atomic E-state index is 12.9. The van der Waals surface area contributed by atoms with Gasteiger partial charge in [-0.05, 0) is 48.5 Å². The number of nitrogens with zero attached hydrogens (tertiary/aromatic N) is 2. The van der Waals surface area contributed by atoms with Crippen molar-refractivity contribution >= 4 is 34.0 Å². The first-order chi connectivity index (χ1) is 16.3. The van der Waals surface area contributed by atoms with Crippen LogP contribution in [-0.4, -0.2) is 30.1 Å². The van der Waals surface area contributed by atoms with Crippen LogP contribution in [0.1, 0.15) is 15.9 Å². The summed E-state index contributed by atoms with van der Waals surface area (Å²) in [6.07, 6.45) is -3.11. The highest BCUT2D eigenvalue weighted by Gasteiger charge is 2.30. The van der Waals surface area contributed by atoms with Crippen LogP contribution in [0.3, 0.4) is 0 Å². The van der Waals surface area contributed by atoms with E-state index in [0.717, 1.165) is 12.1 Å². The van der Waals surface area contributed by atoms with E-state index >= 15 is 0 Å². The average Bonchev–Trinajstić information content (AvgIpc) is 2.84. The zero-order valence-corrected chi connectivity index (χ0v) is 18.1. The summed E-state index contributed by atoms with van der Waals surface area (Å²) in [5.74, 6) is 0.961. The van der Waals surface area contributed by atoms with Crippen molar-refractivity contribution in [1.82, 2.24) is 9.97 Å². The number of nitrogens with one attached hydrogen (secondary N) is 2. The lowest BCUT2D eigenvalue weighted by atomic mass is 10.1. The van der Waals surface area contributed by atoms with Crippen molar-refractivity contribution in [2.75, 3.05) is 24.9 Å². The fourth-order valence-electron chi connectivity index (χ4n) is 3.30. The first-order valence-corrected chi connectivity index (χ1v) is 10.0. The monoisotopic (exact) mass is 468 g/mol. The SMILES string of the molecule is COc1cc2ncnc(Nc3ccc(NC(=O)c4cccc(C(F)(F)F)c4)cc3)c2cc1OC. The Kier molecular flexibility index (Phi) is 6.22. The van der Waals surface area contributed by atoms with E-state index < -0.39 is 17.6 Å². The minimum atomic E-state index is -4.52. The number of rotatable bonds is 6. The Balaban J connectivity index is 1.52. The molecule has 0 spiro atoms. The third-order valence-electron chi connectivity index (χ3n) is 5.00. The quantitative estimate of drug-likeness (QED) is 0.380. The van der Waals surface area contributed by atoms with E-state index in [1.54, 1.807) is 36.4 Å². The molecule has 1 amide bonds. The number of fused-ring (bicyclic) bond motifs is 1. The number of methoxy groups -OCH3 is 2. The fraction of sp³-hybridized carbons (Fsp3) is 0.125. The van der Waals surface area contributed by atoms with Gasteiger partial charge in [0.1, 0.15) is 12.1 Å². The van der Waals surface area contributed by atoms with Crippen LogP contribution in [0, 0.1) is 0 Å². The first kappa shape index (κ1) is 22.8. The molecule has 174 valence electrons. The third kappa shape index (κ3) is 4.85. The molecule has 0 fully saturated rings. The van der Waals surface area contributed by atoms with Crippen molar-refractivity contribution in [3.63, 3.8) is 0 Å². The van der Waals surface area contributed by atoms with Crippen LogP contribution in [0.2, 0.25) is 0 Å². The number of amides is 1. The number of alkyl halides is 3. The summed E-state index contributed by atoms with van der Waals surface area (Å²) in [5, 5.41) is 6.49. The molecule has 0 atom stereocenters. The second kappa shape index (κ2) is 9.26. The van der Waals surface area contributed by atoms with Gasteiger partial charge in [-0.15, -0.1) is 0 Å². The lowest BCUT2D eigenvalue weighted by molar-refractivity contribution is -0.137. The zero-order chi connectivity index (χ0) is 24.3. The number of carbonyl (C=O) groups excluding carboxylic acids is 1. The molecule has 0 unspecified atom stereocenters. The van der Waals surface area contributed by atoms with Gasteiger partial charge in [0.15, 0.2) is 11.5 Å². The minimum absolute atomic E-state index is 0.0890. The number of ether oxygens (including phenoxy) is 2. The second-order valence-corrected chi connectivity index (χ2v) is 7.18. The van der Waals surface area contributed by atoms with Crippen LogP contribution >= 0.6 is 0 Å². The molecule has 1 heterocycles. The van der Waals surface area contributed by atoms with Gasteiger partial charge in [0.05, 0.1) is 25.3 Å². The summed E-state index contributed by atoms with van der Waals surface area (Å²) in [6.45, 7) is 0. The maximum atomic E-state index is 12.9. The van der Waals surface area contributed by atoms with E-state index in [1.165, 1.54) is 32.7 Å². The molecule has 0 saturated heterocycles. The van der Waals surface area contributed by atoms with Crippen molar-refractivity contribution in [2.45, 2.75) is 6.18 Å². The second-order valence-electron chi connectivity index (χ2n) is 7.18. The maximum Gasteiger partial charge on any atom is 0.416 e. The molecule has 7 nitrogen and oxygen atoms in total. The van der Waals surface area contributed by atoms with Crippen LogP contribution in [0.5, 0.6) is 11.5 Å². The van der Waals surface area contributed by atoms with Crippen molar-refractivity contribution in [1.29, 1.82) is 0 Å². The predicted octanol–water partition coefficient (Wildman–Crippen LogP) is 5.66. The molecule has 0 aliphatic heterocycles. The van der Waals surface area contributed by atoms with Gasteiger partial charge in [-0.3, -0.25) is 4.79 Å². The molecule has 4 aromatic rings. The smallest absolute Gasteiger partial charge is 0.416 e. The van der Waals surface area contributed by atoms with Crippen molar-refractivity contribution in [3.8, 4) is 11.5 Å².